The number of thioether (sulfide) groups is 1. The van der Waals surface area contributed by atoms with Gasteiger partial charge in [-0.1, -0.05) is 6.92 Å². The lowest BCUT2D eigenvalue weighted by Gasteiger charge is -2.13. The Morgan fingerprint density at radius 3 is 2.71 bits per heavy atom. The second-order valence-electron chi connectivity index (χ2n) is 3.10. The van der Waals surface area contributed by atoms with Gasteiger partial charge in [0.05, 0.1) is 18.0 Å². The van der Waals surface area contributed by atoms with Gasteiger partial charge in [-0.3, -0.25) is 4.79 Å². The predicted molar refractivity (Wildman–Crippen MR) is 58.3 cm³/mol. The first-order valence-electron chi connectivity index (χ1n) is 4.80. The van der Waals surface area contributed by atoms with Gasteiger partial charge in [-0.05, 0) is 13.3 Å². The molecule has 0 aliphatic rings. The van der Waals surface area contributed by atoms with Crippen LogP contribution in [-0.4, -0.2) is 46.4 Å². The highest BCUT2D eigenvalue weighted by Gasteiger charge is 2.14. The molecule has 4 nitrogen and oxygen atoms in total. The van der Waals surface area contributed by atoms with Gasteiger partial charge in [0, 0.05) is 12.3 Å². The summed E-state index contributed by atoms with van der Waals surface area (Å²) in [7, 11) is 0. The van der Waals surface area contributed by atoms with Crippen LogP contribution in [-0.2, 0) is 4.79 Å². The number of carbonyl (C=O) groups is 1. The minimum Gasteiger partial charge on any atom is -0.394 e. The first-order valence-corrected chi connectivity index (χ1v) is 5.84. The fraction of sp³-hybridized carbons (Fsp3) is 0.889. The number of nitrogens with one attached hydrogen (secondary N) is 1. The molecule has 0 saturated carbocycles. The van der Waals surface area contributed by atoms with Crippen LogP contribution in [0.5, 0.6) is 0 Å². The van der Waals surface area contributed by atoms with Crippen molar-refractivity contribution < 1.29 is 15.0 Å². The maximum atomic E-state index is 11.3. The van der Waals surface area contributed by atoms with Gasteiger partial charge in [-0.15, -0.1) is 11.8 Å². The number of hydrogen-bond acceptors (Lipinski definition) is 4. The molecule has 0 radical (unpaired) electrons. The summed E-state index contributed by atoms with van der Waals surface area (Å²) in [6, 6.07) is 0. The average Bonchev–Trinajstić information content (AvgIpc) is 2.21. The van der Waals surface area contributed by atoms with Crippen molar-refractivity contribution in [3.8, 4) is 0 Å². The van der Waals surface area contributed by atoms with E-state index in [0.717, 1.165) is 6.42 Å². The van der Waals surface area contributed by atoms with E-state index in [2.05, 4.69) is 5.32 Å². The Bertz CT molecular complexity index is 166. The molecule has 0 aromatic rings. The second-order valence-corrected chi connectivity index (χ2v) is 4.48. The highest BCUT2D eigenvalue weighted by molar-refractivity contribution is 8.00. The van der Waals surface area contributed by atoms with Crippen molar-refractivity contribution in [2.75, 3.05) is 18.9 Å². The van der Waals surface area contributed by atoms with Crippen molar-refractivity contribution in [2.24, 2.45) is 0 Å². The monoisotopic (exact) mass is 221 g/mol. The van der Waals surface area contributed by atoms with Crippen LogP contribution in [0.3, 0.4) is 0 Å². The molecule has 0 heterocycles. The molecule has 0 spiro atoms. The molecule has 14 heavy (non-hydrogen) atoms. The molecule has 0 aliphatic heterocycles. The Morgan fingerprint density at radius 1 is 1.57 bits per heavy atom. The largest absolute Gasteiger partial charge is 0.394 e. The van der Waals surface area contributed by atoms with Gasteiger partial charge in [0.1, 0.15) is 0 Å². The smallest absolute Gasteiger partial charge is 0.232 e. The molecule has 5 heteroatoms. The first kappa shape index (κ1) is 13.7. The number of hydrogen-bond donors (Lipinski definition) is 3. The van der Waals surface area contributed by atoms with Gasteiger partial charge in [-0.25, -0.2) is 0 Å². The maximum absolute atomic E-state index is 11.3. The van der Waals surface area contributed by atoms with E-state index in [-0.39, 0.29) is 17.8 Å². The zero-order valence-electron chi connectivity index (χ0n) is 8.69. The summed E-state index contributed by atoms with van der Waals surface area (Å²) >= 11 is 1.35. The lowest BCUT2D eigenvalue weighted by Crippen LogP contribution is -2.32. The highest BCUT2D eigenvalue weighted by atomic mass is 32.2. The summed E-state index contributed by atoms with van der Waals surface area (Å²) in [5, 5.41) is 20.2. The van der Waals surface area contributed by atoms with E-state index in [0.29, 0.717) is 12.3 Å². The number of carbonyl (C=O) groups excluding carboxylic acids is 1. The van der Waals surface area contributed by atoms with Crippen molar-refractivity contribution in [3.63, 3.8) is 0 Å². The third kappa shape index (κ3) is 6.23. The zero-order chi connectivity index (χ0) is 11.0. The Morgan fingerprint density at radius 2 is 2.21 bits per heavy atom. The molecular formula is C9H19NO3S. The zero-order valence-corrected chi connectivity index (χ0v) is 9.51. The van der Waals surface area contributed by atoms with E-state index in [1.165, 1.54) is 11.8 Å². The number of aliphatic hydroxyl groups excluding tert-OH is 2. The average molecular weight is 221 g/mol. The molecule has 0 aromatic carbocycles. The van der Waals surface area contributed by atoms with Crippen molar-refractivity contribution in [1.82, 2.24) is 5.32 Å². The standard InChI is InChI=1S/C9H19NO3S/c1-3-4-10-9(13)7(2)14-6-8(12)5-11/h7-8,11-12H,3-6H2,1-2H3,(H,10,13). The minimum absolute atomic E-state index is 0.0120. The number of amides is 1. The van der Waals surface area contributed by atoms with Crippen molar-refractivity contribution in [1.29, 1.82) is 0 Å². The molecule has 0 bridgehead atoms. The van der Waals surface area contributed by atoms with E-state index < -0.39 is 6.10 Å². The second kappa shape index (κ2) is 8.08. The SMILES string of the molecule is CCCNC(=O)C(C)SCC(O)CO. The molecule has 3 N–H and O–H groups in total. The van der Waals surface area contributed by atoms with E-state index in [4.69, 9.17) is 10.2 Å². The van der Waals surface area contributed by atoms with Gasteiger partial charge in [0.15, 0.2) is 0 Å². The molecule has 2 atom stereocenters. The fourth-order valence-electron chi connectivity index (χ4n) is 0.776. The molecule has 84 valence electrons. The molecule has 1 amide bonds. The van der Waals surface area contributed by atoms with Crippen molar-refractivity contribution >= 4 is 17.7 Å². The maximum Gasteiger partial charge on any atom is 0.232 e. The summed E-state index contributed by atoms with van der Waals surface area (Å²) < 4.78 is 0. The molecule has 0 saturated heterocycles. The van der Waals surface area contributed by atoms with E-state index >= 15 is 0 Å². The van der Waals surface area contributed by atoms with Crippen LogP contribution >= 0.6 is 11.8 Å². The minimum atomic E-state index is -0.735. The van der Waals surface area contributed by atoms with E-state index in [1.54, 1.807) is 6.92 Å². The van der Waals surface area contributed by atoms with Crippen molar-refractivity contribution in [2.45, 2.75) is 31.6 Å². The third-order valence-corrected chi connectivity index (χ3v) is 2.96. The topological polar surface area (TPSA) is 69.6 Å². The lowest BCUT2D eigenvalue weighted by molar-refractivity contribution is -0.120. The van der Waals surface area contributed by atoms with Crippen LogP contribution in [0.4, 0.5) is 0 Å². The van der Waals surface area contributed by atoms with Gasteiger partial charge in [0.2, 0.25) is 5.91 Å². The lowest BCUT2D eigenvalue weighted by atomic mass is 10.4. The van der Waals surface area contributed by atoms with Gasteiger partial charge >= 0.3 is 0 Å². The molecule has 2 unspecified atom stereocenters. The quantitative estimate of drug-likeness (QED) is 0.565. The molecule has 0 aliphatic carbocycles. The normalized spacial score (nSPS) is 14.9. The van der Waals surface area contributed by atoms with Crippen LogP contribution in [0.15, 0.2) is 0 Å². The van der Waals surface area contributed by atoms with Crippen LogP contribution in [0.25, 0.3) is 0 Å². The summed E-state index contributed by atoms with van der Waals surface area (Å²) in [5.74, 6) is 0.374. The summed E-state index contributed by atoms with van der Waals surface area (Å²) in [4.78, 5) is 11.3. The van der Waals surface area contributed by atoms with E-state index in [1.807, 2.05) is 6.92 Å². The number of rotatable bonds is 7. The van der Waals surface area contributed by atoms with Crippen LogP contribution in [0, 0.1) is 0 Å². The van der Waals surface area contributed by atoms with Crippen molar-refractivity contribution in [3.05, 3.63) is 0 Å². The Labute approximate surface area is 89.1 Å². The predicted octanol–water partition coefficient (Wildman–Crippen LogP) is -0.0125. The molecule has 0 rings (SSSR count). The van der Waals surface area contributed by atoms with Gasteiger partial charge < -0.3 is 15.5 Å². The van der Waals surface area contributed by atoms with Crippen LogP contribution in [0.2, 0.25) is 0 Å². The highest BCUT2D eigenvalue weighted by Crippen LogP contribution is 2.11. The third-order valence-electron chi connectivity index (χ3n) is 1.67. The summed E-state index contributed by atoms with van der Waals surface area (Å²) in [5.41, 5.74) is 0. The molecule has 0 aromatic heterocycles. The first-order chi connectivity index (χ1) is 6.61. The Hall–Kier alpha value is -0.260. The van der Waals surface area contributed by atoms with E-state index in [9.17, 15) is 4.79 Å². The summed E-state index contributed by atoms with van der Waals surface area (Å²) in [6.07, 6.45) is 0.184. The molecule has 0 fully saturated rings. The Balaban J connectivity index is 3.61. The van der Waals surface area contributed by atoms with Crippen LogP contribution < -0.4 is 5.32 Å². The van der Waals surface area contributed by atoms with Crippen LogP contribution in [0.1, 0.15) is 20.3 Å². The fourth-order valence-corrected chi connectivity index (χ4v) is 1.63. The molecular weight excluding hydrogens is 202 g/mol. The Kier molecular flexibility index (Phi) is 7.93. The number of aliphatic hydroxyl groups is 2. The summed E-state index contributed by atoms with van der Waals surface area (Å²) in [6.45, 7) is 4.22. The van der Waals surface area contributed by atoms with Gasteiger partial charge in [0.25, 0.3) is 0 Å². The van der Waals surface area contributed by atoms with Gasteiger partial charge in [-0.2, -0.15) is 0 Å².